The molecule has 0 aliphatic carbocycles. The summed E-state index contributed by atoms with van der Waals surface area (Å²) in [5.41, 5.74) is 2.08. The molecule has 0 saturated carbocycles. The Morgan fingerprint density at radius 2 is 2.15 bits per heavy atom. The van der Waals surface area contributed by atoms with Crippen molar-refractivity contribution in [2.45, 2.75) is 27.3 Å². The van der Waals surface area contributed by atoms with Crippen LogP contribution in [0.1, 0.15) is 25.1 Å². The summed E-state index contributed by atoms with van der Waals surface area (Å²) in [6.07, 6.45) is 3.87. The van der Waals surface area contributed by atoms with Crippen molar-refractivity contribution in [2.24, 2.45) is 0 Å². The minimum Gasteiger partial charge on any atom is -0.313 e. The lowest BCUT2D eigenvalue weighted by Crippen LogP contribution is -2.20. The van der Waals surface area contributed by atoms with Crippen LogP contribution in [0.4, 0.5) is 0 Å². The third kappa shape index (κ3) is 2.08. The Labute approximate surface area is 78.5 Å². The van der Waals surface area contributed by atoms with E-state index in [4.69, 9.17) is 0 Å². The van der Waals surface area contributed by atoms with Gasteiger partial charge in [-0.25, -0.2) is 0 Å². The Bertz CT molecular complexity index is 374. The number of pyridine rings is 1. The fraction of sp³-hybridized carbons (Fsp3) is 0.364. The van der Waals surface area contributed by atoms with E-state index in [1.54, 1.807) is 10.6 Å². The number of hydrogen-bond donors (Lipinski definition) is 0. The zero-order valence-corrected chi connectivity index (χ0v) is 8.37. The maximum absolute atomic E-state index is 11.5. The van der Waals surface area contributed by atoms with E-state index in [0.717, 1.165) is 17.8 Å². The van der Waals surface area contributed by atoms with Gasteiger partial charge in [-0.05, 0) is 32.4 Å². The normalized spacial score (nSPS) is 11.0. The summed E-state index contributed by atoms with van der Waals surface area (Å²) in [6, 6.07) is 3.68. The molecule has 1 heterocycles. The van der Waals surface area contributed by atoms with Gasteiger partial charge >= 0.3 is 0 Å². The first-order valence-electron chi connectivity index (χ1n) is 4.53. The highest BCUT2D eigenvalue weighted by Crippen LogP contribution is 2.02. The van der Waals surface area contributed by atoms with E-state index in [-0.39, 0.29) is 5.56 Å². The molecule has 0 aromatic carbocycles. The maximum Gasteiger partial charge on any atom is 0.251 e. The molecule has 13 heavy (non-hydrogen) atoms. The van der Waals surface area contributed by atoms with Gasteiger partial charge in [0.05, 0.1) is 0 Å². The van der Waals surface area contributed by atoms with Crippen molar-refractivity contribution < 1.29 is 0 Å². The first-order chi connectivity index (χ1) is 6.19. The summed E-state index contributed by atoms with van der Waals surface area (Å²) in [5.74, 6) is 0. The predicted octanol–water partition coefficient (Wildman–Crippen LogP) is 2.21. The highest BCUT2D eigenvalue weighted by molar-refractivity contribution is 5.48. The van der Waals surface area contributed by atoms with Crippen LogP contribution in [0.15, 0.2) is 23.0 Å². The average Bonchev–Trinajstić information content (AvgIpc) is 2.04. The number of hydrogen-bond acceptors (Lipinski definition) is 1. The van der Waals surface area contributed by atoms with E-state index in [1.165, 1.54) is 0 Å². The smallest absolute Gasteiger partial charge is 0.251 e. The standard InChI is InChI=1S/C11H15NO/c1-4-6-10-7-9(3)12(5-2)11(13)8-10/h4,6-8H,5H2,1-3H3/b6-4-. The molecule has 0 atom stereocenters. The van der Waals surface area contributed by atoms with Crippen LogP contribution in [0, 0.1) is 6.92 Å². The lowest BCUT2D eigenvalue weighted by molar-refractivity contribution is 0.700. The first-order valence-corrected chi connectivity index (χ1v) is 4.53. The summed E-state index contributed by atoms with van der Waals surface area (Å²) in [4.78, 5) is 11.5. The third-order valence-electron chi connectivity index (χ3n) is 2.03. The number of nitrogens with zero attached hydrogens (tertiary/aromatic N) is 1. The van der Waals surface area contributed by atoms with E-state index < -0.39 is 0 Å². The van der Waals surface area contributed by atoms with E-state index in [2.05, 4.69) is 0 Å². The fourth-order valence-corrected chi connectivity index (χ4v) is 1.45. The van der Waals surface area contributed by atoms with Crippen molar-refractivity contribution >= 4 is 6.08 Å². The molecule has 70 valence electrons. The molecule has 1 aromatic heterocycles. The second-order valence-electron chi connectivity index (χ2n) is 3.01. The number of allylic oxidation sites excluding steroid dienone is 1. The second-order valence-corrected chi connectivity index (χ2v) is 3.01. The van der Waals surface area contributed by atoms with Crippen LogP contribution >= 0.6 is 0 Å². The molecule has 1 aromatic rings. The van der Waals surface area contributed by atoms with Gasteiger partial charge in [0.15, 0.2) is 0 Å². The summed E-state index contributed by atoms with van der Waals surface area (Å²) >= 11 is 0. The number of aromatic nitrogens is 1. The lowest BCUT2D eigenvalue weighted by Gasteiger charge is -2.06. The van der Waals surface area contributed by atoms with Gasteiger partial charge in [0.25, 0.3) is 5.56 Å². The minimum absolute atomic E-state index is 0.0793. The van der Waals surface area contributed by atoms with E-state index in [1.807, 2.05) is 39.0 Å². The maximum atomic E-state index is 11.5. The third-order valence-corrected chi connectivity index (χ3v) is 2.03. The Morgan fingerprint density at radius 1 is 1.46 bits per heavy atom. The molecule has 0 spiro atoms. The molecule has 0 radical (unpaired) electrons. The molecule has 2 heteroatoms. The van der Waals surface area contributed by atoms with Crippen LogP contribution in [-0.4, -0.2) is 4.57 Å². The SMILES string of the molecule is C/C=C\c1cc(C)n(CC)c(=O)c1. The van der Waals surface area contributed by atoms with Gasteiger partial charge in [0.2, 0.25) is 0 Å². The second kappa shape index (κ2) is 4.08. The van der Waals surface area contributed by atoms with Crippen molar-refractivity contribution in [3.05, 3.63) is 39.8 Å². The highest BCUT2D eigenvalue weighted by atomic mass is 16.1. The molecule has 2 nitrogen and oxygen atoms in total. The molecule has 1 rings (SSSR count). The zero-order chi connectivity index (χ0) is 9.84. The molecular weight excluding hydrogens is 162 g/mol. The van der Waals surface area contributed by atoms with Crippen LogP contribution in [0.25, 0.3) is 6.08 Å². The van der Waals surface area contributed by atoms with E-state index in [9.17, 15) is 4.79 Å². The van der Waals surface area contributed by atoms with E-state index >= 15 is 0 Å². The van der Waals surface area contributed by atoms with Gasteiger partial charge in [0.1, 0.15) is 0 Å². The molecule has 0 amide bonds. The van der Waals surface area contributed by atoms with Crippen molar-refractivity contribution in [3.8, 4) is 0 Å². The Morgan fingerprint density at radius 3 is 2.62 bits per heavy atom. The molecule has 0 saturated heterocycles. The van der Waals surface area contributed by atoms with E-state index in [0.29, 0.717) is 0 Å². The van der Waals surface area contributed by atoms with Crippen LogP contribution in [0.3, 0.4) is 0 Å². The number of rotatable bonds is 2. The van der Waals surface area contributed by atoms with Crippen molar-refractivity contribution in [2.75, 3.05) is 0 Å². The zero-order valence-electron chi connectivity index (χ0n) is 8.37. The molecular formula is C11H15NO. The summed E-state index contributed by atoms with van der Waals surface area (Å²) in [5, 5.41) is 0. The minimum atomic E-state index is 0.0793. The summed E-state index contributed by atoms with van der Waals surface area (Å²) < 4.78 is 1.76. The summed E-state index contributed by atoms with van der Waals surface area (Å²) in [6.45, 7) is 6.61. The monoisotopic (exact) mass is 177 g/mol. The van der Waals surface area contributed by atoms with Gasteiger partial charge < -0.3 is 4.57 Å². The largest absolute Gasteiger partial charge is 0.313 e. The Balaban J connectivity index is 3.28. The van der Waals surface area contributed by atoms with Gasteiger partial charge in [0, 0.05) is 18.3 Å². The van der Waals surface area contributed by atoms with Crippen LogP contribution in [0.2, 0.25) is 0 Å². The van der Waals surface area contributed by atoms with Crippen molar-refractivity contribution in [1.82, 2.24) is 4.57 Å². The van der Waals surface area contributed by atoms with Gasteiger partial charge in [-0.3, -0.25) is 4.79 Å². The summed E-state index contributed by atoms with van der Waals surface area (Å²) in [7, 11) is 0. The highest BCUT2D eigenvalue weighted by Gasteiger charge is 1.98. The van der Waals surface area contributed by atoms with Crippen molar-refractivity contribution in [1.29, 1.82) is 0 Å². The Kier molecular flexibility index (Phi) is 3.07. The Hall–Kier alpha value is -1.31. The average molecular weight is 177 g/mol. The topological polar surface area (TPSA) is 22.0 Å². The number of aryl methyl sites for hydroxylation is 1. The van der Waals surface area contributed by atoms with Crippen LogP contribution < -0.4 is 5.56 Å². The molecule has 0 bridgehead atoms. The quantitative estimate of drug-likeness (QED) is 0.678. The molecule has 0 fully saturated rings. The van der Waals surface area contributed by atoms with Crippen LogP contribution in [-0.2, 0) is 6.54 Å². The van der Waals surface area contributed by atoms with Gasteiger partial charge in [-0.1, -0.05) is 12.2 Å². The molecule has 0 aliphatic heterocycles. The van der Waals surface area contributed by atoms with Crippen molar-refractivity contribution in [3.63, 3.8) is 0 Å². The molecule has 0 aliphatic rings. The van der Waals surface area contributed by atoms with Gasteiger partial charge in [-0.15, -0.1) is 0 Å². The molecule has 0 unspecified atom stereocenters. The lowest BCUT2D eigenvalue weighted by atomic mass is 10.2. The van der Waals surface area contributed by atoms with Gasteiger partial charge in [-0.2, -0.15) is 0 Å². The fourth-order valence-electron chi connectivity index (χ4n) is 1.45. The molecule has 0 N–H and O–H groups in total. The van der Waals surface area contributed by atoms with Crippen LogP contribution in [0.5, 0.6) is 0 Å². The predicted molar refractivity (Wildman–Crippen MR) is 55.8 cm³/mol. The first kappa shape index (κ1) is 9.78.